The molecule has 1 aromatic heterocycles. The summed E-state index contributed by atoms with van der Waals surface area (Å²) in [5.41, 5.74) is -0.737. The molecule has 2 aromatic rings. The third-order valence-electron chi connectivity index (χ3n) is 2.93. The predicted molar refractivity (Wildman–Crippen MR) is 71.8 cm³/mol. The Hall–Kier alpha value is -2.05. The molecule has 1 aromatic carbocycles. The smallest absolute Gasteiger partial charge is 0.347 e. The lowest BCUT2D eigenvalue weighted by Gasteiger charge is -2.12. The van der Waals surface area contributed by atoms with Crippen LogP contribution in [0, 0.1) is 0 Å². The average Bonchev–Trinajstić information content (AvgIpc) is 2.25. The van der Waals surface area contributed by atoms with E-state index in [9.17, 15) is 25.2 Å². The maximum Gasteiger partial charge on any atom is 0.347 e. The van der Waals surface area contributed by atoms with E-state index in [1.165, 1.54) is 12.1 Å². The number of benzene rings is 1. The van der Waals surface area contributed by atoms with Gasteiger partial charge in [-0.2, -0.15) is 0 Å². The van der Waals surface area contributed by atoms with Crippen molar-refractivity contribution in [3.63, 3.8) is 0 Å². The van der Waals surface area contributed by atoms with Gasteiger partial charge in [0.1, 0.15) is 22.6 Å². The summed E-state index contributed by atoms with van der Waals surface area (Å²) in [6.07, 6.45) is -1.29. The van der Waals surface area contributed by atoms with E-state index in [4.69, 9.17) is 4.42 Å². The molecule has 0 amide bonds. The van der Waals surface area contributed by atoms with Crippen molar-refractivity contribution in [2.75, 3.05) is 0 Å². The molecule has 0 radical (unpaired) electrons. The van der Waals surface area contributed by atoms with Crippen LogP contribution in [0.25, 0.3) is 10.8 Å². The van der Waals surface area contributed by atoms with Gasteiger partial charge in [-0.15, -0.1) is 0 Å². The minimum atomic E-state index is -0.846. The first-order valence-corrected chi connectivity index (χ1v) is 6.21. The molecule has 20 heavy (non-hydrogen) atoms. The van der Waals surface area contributed by atoms with E-state index >= 15 is 0 Å². The van der Waals surface area contributed by atoms with E-state index in [0.29, 0.717) is 5.39 Å². The Morgan fingerprint density at radius 3 is 2.55 bits per heavy atom. The van der Waals surface area contributed by atoms with Crippen molar-refractivity contribution in [3.8, 4) is 11.5 Å². The number of hydrogen-bond donors (Lipinski definition) is 4. The molecule has 0 bridgehead atoms. The quantitative estimate of drug-likeness (QED) is 0.661. The molecule has 0 fully saturated rings. The second-order valence-corrected chi connectivity index (χ2v) is 4.87. The zero-order valence-corrected chi connectivity index (χ0v) is 10.9. The van der Waals surface area contributed by atoms with Gasteiger partial charge in [-0.25, -0.2) is 4.79 Å². The minimum absolute atomic E-state index is 0.0171. The molecule has 2 atom stereocenters. The highest BCUT2D eigenvalue weighted by Crippen LogP contribution is 2.28. The number of phenols is 2. The Kier molecular flexibility index (Phi) is 3.96. The summed E-state index contributed by atoms with van der Waals surface area (Å²) in [4.78, 5) is 11.8. The minimum Gasteiger partial charge on any atom is -0.508 e. The van der Waals surface area contributed by atoms with Crippen LogP contribution in [0.15, 0.2) is 27.4 Å². The lowest BCUT2D eigenvalue weighted by Crippen LogP contribution is -2.18. The summed E-state index contributed by atoms with van der Waals surface area (Å²) in [5.74, 6) is -0.304. The average molecular weight is 280 g/mol. The van der Waals surface area contributed by atoms with E-state index in [1.807, 2.05) is 0 Å². The molecular weight excluding hydrogens is 264 g/mol. The van der Waals surface area contributed by atoms with Crippen molar-refractivity contribution >= 4 is 10.8 Å². The highest BCUT2D eigenvalue weighted by atomic mass is 16.4. The summed E-state index contributed by atoms with van der Waals surface area (Å²) >= 11 is 0. The van der Waals surface area contributed by atoms with Gasteiger partial charge in [-0.1, -0.05) is 0 Å². The molecular formula is C14H16O6. The van der Waals surface area contributed by atoms with Gasteiger partial charge in [0.25, 0.3) is 0 Å². The normalized spacial score (nSPS) is 14.3. The number of aliphatic hydroxyl groups excluding tert-OH is 2. The standard InChI is InChI=1S/C14H16O6/c1-7(15)2-9(16)5-11-4-8-3-10(17)6-12(18)13(8)14(19)20-11/h3-4,6-7,9,15-18H,2,5H2,1H3/t7-,9+/m1/s1. The summed E-state index contributed by atoms with van der Waals surface area (Å²) in [5, 5.41) is 38.3. The van der Waals surface area contributed by atoms with Crippen LogP contribution in [0.4, 0.5) is 0 Å². The second-order valence-electron chi connectivity index (χ2n) is 4.87. The molecule has 0 unspecified atom stereocenters. The lowest BCUT2D eigenvalue weighted by atomic mass is 10.1. The van der Waals surface area contributed by atoms with Crippen LogP contribution in [-0.4, -0.2) is 32.6 Å². The third-order valence-corrected chi connectivity index (χ3v) is 2.93. The van der Waals surface area contributed by atoms with Crippen LogP contribution in [0.1, 0.15) is 19.1 Å². The topological polar surface area (TPSA) is 111 Å². The first-order chi connectivity index (χ1) is 9.36. The van der Waals surface area contributed by atoms with E-state index < -0.39 is 17.8 Å². The Labute approximate surface area is 114 Å². The molecule has 2 rings (SSSR count). The molecule has 6 heteroatoms. The van der Waals surface area contributed by atoms with Crippen LogP contribution >= 0.6 is 0 Å². The first-order valence-electron chi connectivity index (χ1n) is 6.21. The number of phenolic OH excluding ortho intramolecular Hbond substituents is 2. The van der Waals surface area contributed by atoms with E-state index in [0.717, 1.165) is 6.07 Å². The van der Waals surface area contributed by atoms with Crippen LogP contribution in [0.3, 0.4) is 0 Å². The van der Waals surface area contributed by atoms with Crippen molar-refractivity contribution in [3.05, 3.63) is 34.4 Å². The molecule has 0 saturated heterocycles. The fraction of sp³-hybridized carbons (Fsp3) is 0.357. The van der Waals surface area contributed by atoms with Gasteiger partial charge < -0.3 is 24.8 Å². The van der Waals surface area contributed by atoms with Gasteiger partial charge in [-0.3, -0.25) is 0 Å². The number of hydrogen-bond acceptors (Lipinski definition) is 6. The Morgan fingerprint density at radius 1 is 1.20 bits per heavy atom. The van der Waals surface area contributed by atoms with Gasteiger partial charge in [0.15, 0.2) is 0 Å². The zero-order chi connectivity index (χ0) is 14.9. The molecule has 0 saturated carbocycles. The highest BCUT2D eigenvalue weighted by Gasteiger charge is 2.14. The number of aliphatic hydroxyl groups is 2. The van der Waals surface area contributed by atoms with Crippen molar-refractivity contribution < 1.29 is 24.8 Å². The molecule has 6 nitrogen and oxygen atoms in total. The van der Waals surface area contributed by atoms with Crippen LogP contribution in [-0.2, 0) is 6.42 Å². The SMILES string of the molecule is C[C@@H](O)C[C@H](O)Cc1cc2cc(O)cc(O)c2c(=O)o1. The largest absolute Gasteiger partial charge is 0.508 e. The molecule has 0 aliphatic heterocycles. The first kappa shape index (κ1) is 14.4. The Morgan fingerprint density at radius 2 is 1.90 bits per heavy atom. The fourth-order valence-electron chi connectivity index (χ4n) is 2.15. The van der Waals surface area contributed by atoms with Crippen molar-refractivity contribution in [1.29, 1.82) is 0 Å². The second kappa shape index (κ2) is 5.52. The van der Waals surface area contributed by atoms with E-state index in [1.54, 1.807) is 6.92 Å². The molecule has 0 spiro atoms. The lowest BCUT2D eigenvalue weighted by molar-refractivity contribution is 0.0871. The van der Waals surface area contributed by atoms with E-state index in [-0.39, 0.29) is 35.5 Å². The van der Waals surface area contributed by atoms with Crippen LogP contribution in [0.5, 0.6) is 11.5 Å². The molecule has 0 aliphatic rings. The number of aromatic hydroxyl groups is 2. The fourth-order valence-corrected chi connectivity index (χ4v) is 2.15. The number of fused-ring (bicyclic) bond motifs is 1. The third kappa shape index (κ3) is 3.09. The predicted octanol–water partition coefficient (Wildman–Crippen LogP) is 0.878. The van der Waals surface area contributed by atoms with Gasteiger partial charge in [0, 0.05) is 12.5 Å². The summed E-state index contributed by atoms with van der Waals surface area (Å²) in [6.45, 7) is 1.55. The molecule has 108 valence electrons. The summed E-state index contributed by atoms with van der Waals surface area (Å²) < 4.78 is 5.02. The Balaban J connectivity index is 2.40. The van der Waals surface area contributed by atoms with Gasteiger partial charge in [0.05, 0.1) is 12.2 Å². The van der Waals surface area contributed by atoms with Gasteiger partial charge >= 0.3 is 5.63 Å². The van der Waals surface area contributed by atoms with Crippen molar-refractivity contribution in [2.24, 2.45) is 0 Å². The van der Waals surface area contributed by atoms with Crippen molar-refractivity contribution in [2.45, 2.75) is 32.0 Å². The highest BCUT2D eigenvalue weighted by molar-refractivity contribution is 5.88. The Bertz CT molecular complexity index is 673. The van der Waals surface area contributed by atoms with Gasteiger partial charge in [-0.05, 0) is 30.9 Å². The zero-order valence-electron chi connectivity index (χ0n) is 10.9. The molecule has 4 N–H and O–H groups in total. The van der Waals surface area contributed by atoms with Crippen LogP contribution < -0.4 is 5.63 Å². The number of rotatable bonds is 4. The molecule has 0 aliphatic carbocycles. The maximum absolute atomic E-state index is 11.8. The van der Waals surface area contributed by atoms with Crippen LogP contribution in [0.2, 0.25) is 0 Å². The summed E-state index contributed by atoms with van der Waals surface area (Å²) in [6, 6.07) is 3.86. The molecule has 1 heterocycles. The maximum atomic E-state index is 11.8. The van der Waals surface area contributed by atoms with E-state index in [2.05, 4.69) is 0 Å². The van der Waals surface area contributed by atoms with Crippen molar-refractivity contribution in [1.82, 2.24) is 0 Å². The van der Waals surface area contributed by atoms with Gasteiger partial charge in [0.2, 0.25) is 0 Å². The monoisotopic (exact) mass is 280 g/mol. The summed E-state index contributed by atoms with van der Waals surface area (Å²) in [7, 11) is 0.